The molecule has 2 aromatic rings. The zero-order valence-electron chi connectivity index (χ0n) is 16.9. The minimum atomic E-state index is -0.192. The lowest BCUT2D eigenvalue weighted by molar-refractivity contribution is 0.0946. The van der Waals surface area contributed by atoms with Gasteiger partial charge in [-0.2, -0.15) is 5.10 Å². The molecule has 1 aromatic heterocycles. The Morgan fingerprint density at radius 2 is 2.07 bits per heavy atom. The smallest absolute Gasteiger partial charge is 0.319 e. The van der Waals surface area contributed by atoms with Gasteiger partial charge in [0.25, 0.3) is 5.91 Å². The molecule has 150 valence electrons. The topological polar surface area (TPSA) is 79.7 Å². The summed E-state index contributed by atoms with van der Waals surface area (Å²) in [5, 5.41) is 7.52. The molecule has 0 spiro atoms. The first-order valence-electron chi connectivity index (χ1n) is 9.34. The van der Waals surface area contributed by atoms with Crippen LogP contribution in [-0.2, 0) is 19.6 Å². The van der Waals surface area contributed by atoms with E-state index in [9.17, 15) is 9.59 Å². The van der Waals surface area contributed by atoms with Gasteiger partial charge in [0.05, 0.1) is 37.2 Å². The van der Waals surface area contributed by atoms with Gasteiger partial charge in [-0.3, -0.25) is 9.48 Å². The van der Waals surface area contributed by atoms with Gasteiger partial charge in [0.1, 0.15) is 5.75 Å². The van der Waals surface area contributed by atoms with Crippen LogP contribution >= 0.6 is 0 Å². The third-order valence-electron chi connectivity index (χ3n) is 4.83. The van der Waals surface area contributed by atoms with Crippen molar-refractivity contribution in [2.45, 2.75) is 33.0 Å². The van der Waals surface area contributed by atoms with Gasteiger partial charge in [0, 0.05) is 27.2 Å². The van der Waals surface area contributed by atoms with Gasteiger partial charge in [-0.1, -0.05) is 12.1 Å². The molecule has 0 radical (unpaired) electrons. The first-order valence-corrected chi connectivity index (χ1v) is 9.34. The minimum Gasteiger partial charge on any atom is -0.496 e. The van der Waals surface area contributed by atoms with Gasteiger partial charge >= 0.3 is 6.03 Å². The SMILES string of the molecule is COc1cccc(C)c1C(=O)NCc1cc2n(n1)CCCN(C(=O)N(C)C)C2. The fraction of sp³-hybridized carbons (Fsp3) is 0.450. The molecule has 1 aliphatic heterocycles. The molecule has 0 atom stereocenters. The van der Waals surface area contributed by atoms with E-state index in [1.807, 2.05) is 34.7 Å². The molecule has 0 aliphatic carbocycles. The number of methoxy groups -OCH3 is 1. The number of aryl methyl sites for hydroxylation is 2. The zero-order valence-corrected chi connectivity index (χ0v) is 16.9. The Morgan fingerprint density at radius 1 is 1.29 bits per heavy atom. The summed E-state index contributed by atoms with van der Waals surface area (Å²) in [6.45, 7) is 4.18. The van der Waals surface area contributed by atoms with E-state index in [1.54, 1.807) is 32.2 Å². The highest BCUT2D eigenvalue weighted by molar-refractivity contribution is 5.98. The average Bonchev–Trinajstić information content (AvgIpc) is 2.95. The summed E-state index contributed by atoms with van der Waals surface area (Å²) < 4.78 is 7.24. The van der Waals surface area contributed by atoms with Crippen molar-refractivity contribution in [3.05, 3.63) is 46.8 Å². The first-order chi connectivity index (χ1) is 13.4. The molecule has 8 heteroatoms. The van der Waals surface area contributed by atoms with Crippen LogP contribution in [0.5, 0.6) is 5.75 Å². The number of amides is 3. The van der Waals surface area contributed by atoms with Crippen LogP contribution in [0.25, 0.3) is 0 Å². The predicted octanol–water partition coefficient (Wildman–Crippen LogP) is 2.02. The Morgan fingerprint density at radius 3 is 2.79 bits per heavy atom. The molecular formula is C20H27N5O3. The van der Waals surface area contributed by atoms with Crippen molar-refractivity contribution in [2.24, 2.45) is 0 Å². The number of hydrogen-bond acceptors (Lipinski definition) is 4. The molecule has 1 aromatic carbocycles. The van der Waals surface area contributed by atoms with Crippen molar-refractivity contribution in [3.63, 3.8) is 0 Å². The van der Waals surface area contributed by atoms with Gasteiger partial charge in [-0.05, 0) is 31.0 Å². The number of urea groups is 1. The van der Waals surface area contributed by atoms with Gasteiger partial charge in [-0.25, -0.2) is 4.79 Å². The van der Waals surface area contributed by atoms with E-state index < -0.39 is 0 Å². The number of carbonyl (C=O) groups excluding carboxylic acids is 2. The monoisotopic (exact) mass is 385 g/mol. The molecule has 28 heavy (non-hydrogen) atoms. The van der Waals surface area contributed by atoms with E-state index in [2.05, 4.69) is 10.4 Å². The third kappa shape index (κ3) is 4.11. The van der Waals surface area contributed by atoms with E-state index >= 15 is 0 Å². The number of fused-ring (bicyclic) bond motifs is 1. The summed E-state index contributed by atoms with van der Waals surface area (Å²) in [6, 6.07) is 7.47. The van der Waals surface area contributed by atoms with Crippen LogP contribution in [0.1, 0.15) is 33.7 Å². The summed E-state index contributed by atoms with van der Waals surface area (Å²) in [6.07, 6.45) is 0.848. The maximum atomic E-state index is 12.6. The fourth-order valence-corrected chi connectivity index (χ4v) is 3.42. The second kappa shape index (κ2) is 8.33. The summed E-state index contributed by atoms with van der Waals surface area (Å²) in [5.74, 6) is 0.360. The molecule has 0 bridgehead atoms. The first kappa shape index (κ1) is 19.7. The highest BCUT2D eigenvalue weighted by atomic mass is 16.5. The summed E-state index contributed by atoms with van der Waals surface area (Å²) >= 11 is 0. The maximum absolute atomic E-state index is 12.6. The van der Waals surface area contributed by atoms with Crippen molar-refractivity contribution in [2.75, 3.05) is 27.7 Å². The zero-order chi connectivity index (χ0) is 20.3. The van der Waals surface area contributed by atoms with Gasteiger partial charge in [0.2, 0.25) is 0 Å². The Bertz CT molecular complexity index is 875. The number of carbonyl (C=O) groups is 2. The van der Waals surface area contributed by atoms with Crippen LogP contribution in [0, 0.1) is 6.92 Å². The molecule has 0 saturated carbocycles. The maximum Gasteiger partial charge on any atom is 0.319 e. The van der Waals surface area contributed by atoms with Crippen LogP contribution in [-0.4, -0.2) is 59.3 Å². The quantitative estimate of drug-likeness (QED) is 0.873. The van der Waals surface area contributed by atoms with E-state index in [4.69, 9.17) is 4.74 Å². The van der Waals surface area contributed by atoms with Gasteiger partial charge < -0.3 is 19.9 Å². The highest BCUT2D eigenvalue weighted by Crippen LogP contribution is 2.21. The minimum absolute atomic E-state index is 0.00356. The fourth-order valence-electron chi connectivity index (χ4n) is 3.42. The molecule has 0 saturated heterocycles. The highest BCUT2D eigenvalue weighted by Gasteiger charge is 2.22. The van der Waals surface area contributed by atoms with E-state index in [1.165, 1.54) is 0 Å². The number of nitrogens with zero attached hydrogens (tertiary/aromatic N) is 4. The molecule has 0 unspecified atom stereocenters. The van der Waals surface area contributed by atoms with E-state index in [-0.39, 0.29) is 11.9 Å². The molecule has 1 N–H and O–H groups in total. The Hall–Kier alpha value is -3.03. The summed E-state index contributed by atoms with van der Waals surface area (Å²) in [7, 11) is 5.06. The van der Waals surface area contributed by atoms with E-state index in [0.29, 0.717) is 30.9 Å². The second-order valence-electron chi connectivity index (χ2n) is 7.14. The van der Waals surface area contributed by atoms with Crippen LogP contribution in [0.3, 0.4) is 0 Å². The van der Waals surface area contributed by atoms with Gasteiger partial charge in [-0.15, -0.1) is 0 Å². The molecular weight excluding hydrogens is 358 g/mol. The molecule has 8 nitrogen and oxygen atoms in total. The standard InChI is InChI=1S/C20H27N5O3/c1-14-7-5-8-17(28-4)18(14)19(26)21-12-15-11-16-13-24(20(27)23(2)3)9-6-10-25(16)22-15/h5,7-8,11H,6,9-10,12-13H2,1-4H3,(H,21,26). The Kier molecular flexibility index (Phi) is 5.87. The number of ether oxygens (including phenoxy) is 1. The van der Waals surface area contributed by atoms with Crippen LogP contribution in [0.15, 0.2) is 24.3 Å². The lowest BCUT2D eigenvalue weighted by Crippen LogP contribution is -2.38. The Balaban J connectivity index is 1.70. The van der Waals surface area contributed by atoms with Gasteiger partial charge in [0.15, 0.2) is 0 Å². The molecule has 2 heterocycles. The van der Waals surface area contributed by atoms with Crippen molar-refractivity contribution in [3.8, 4) is 5.75 Å². The Labute approximate surface area is 165 Å². The van der Waals surface area contributed by atoms with Crippen LogP contribution in [0.4, 0.5) is 4.79 Å². The number of hydrogen-bond donors (Lipinski definition) is 1. The van der Waals surface area contributed by atoms with Crippen molar-refractivity contribution < 1.29 is 14.3 Å². The molecule has 3 rings (SSSR count). The van der Waals surface area contributed by atoms with E-state index in [0.717, 1.165) is 29.9 Å². The summed E-state index contributed by atoms with van der Waals surface area (Å²) in [5.41, 5.74) is 3.14. The predicted molar refractivity (Wildman–Crippen MR) is 105 cm³/mol. The number of nitrogens with one attached hydrogen (secondary N) is 1. The van der Waals surface area contributed by atoms with Crippen LogP contribution in [0.2, 0.25) is 0 Å². The van der Waals surface area contributed by atoms with Crippen LogP contribution < -0.4 is 10.1 Å². The second-order valence-corrected chi connectivity index (χ2v) is 7.14. The summed E-state index contributed by atoms with van der Waals surface area (Å²) in [4.78, 5) is 28.3. The normalized spacial score (nSPS) is 13.5. The largest absolute Gasteiger partial charge is 0.496 e. The number of aromatic nitrogens is 2. The lowest BCUT2D eigenvalue weighted by atomic mass is 10.1. The van der Waals surface area contributed by atoms with Crippen molar-refractivity contribution in [1.29, 1.82) is 0 Å². The van der Waals surface area contributed by atoms with Crippen molar-refractivity contribution >= 4 is 11.9 Å². The molecule has 3 amide bonds. The molecule has 1 aliphatic rings. The number of rotatable bonds is 4. The third-order valence-corrected chi connectivity index (χ3v) is 4.83. The number of benzene rings is 1. The van der Waals surface area contributed by atoms with Crippen molar-refractivity contribution in [1.82, 2.24) is 24.9 Å². The molecule has 0 fully saturated rings. The average molecular weight is 385 g/mol. The lowest BCUT2D eigenvalue weighted by Gasteiger charge is -2.23.